The predicted octanol–water partition coefficient (Wildman–Crippen LogP) is 4.86. The van der Waals surface area contributed by atoms with Gasteiger partial charge in [0.25, 0.3) is 5.56 Å². The molecular formula is C21H14N4OS2. The number of hydrogen-bond acceptors (Lipinski definition) is 6. The number of hydrogen-bond donors (Lipinski definition) is 0. The summed E-state index contributed by atoms with van der Waals surface area (Å²) in [5.41, 5.74) is 4.02. The Morgan fingerprint density at radius 2 is 1.93 bits per heavy atom. The zero-order chi connectivity index (χ0) is 18.7. The van der Waals surface area contributed by atoms with Crippen LogP contribution >= 0.6 is 22.7 Å². The average Bonchev–Trinajstić information content (AvgIpc) is 3.17. The van der Waals surface area contributed by atoms with Crippen LogP contribution in [0.2, 0.25) is 0 Å². The molecule has 5 aromatic heterocycles. The van der Waals surface area contributed by atoms with E-state index in [0.717, 1.165) is 38.8 Å². The molecule has 0 aliphatic heterocycles. The minimum absolute atomic E-state index is 0.0188. The lowest BCUT2D eigenvalue weighted by atomic mass is 10.1. The first kappa shape index (κ1) is 16.1. The van der Waals surface area contributed by atoms with E-state index in [1.165, 1.54) is 4.70 Å². The molecule has 0 saturated heterocycles. The van der Waals surface area contributed by atoms with Gasteiger partial charge in [0, 0.05) is 34.9 Å². The Hall–Kier alpha value is -2.90. The Morgan fingerprint density at radius 1 is 1.04 bits per heavy atom. The summed E-state index contributed by atoms with van der Waals surface area (Å²) in [5.74, 6) is 0.245. The molecule has 1 aliphatic rings. The van der Waals surface area contributed by atoms with Gasteiger partial charge in [0.15, 0.2) is 0 Å². The van der Waals surface area contributed by atoms with E-state index in [9.17, 15) is 4.79 Å². The highest BCUT2D eigenvalue weighted by atomic mass is 32.1. The lowest BCUT2D eigenvalue weighted by Gasteiger charge is -2.05. The van der Waals surface area contributed by atoms with Crippen molar-refractivity contribution >= 4 is 43.0 Å². The minimum Gasteiger partial charge on any atom is -0.267 e. The summed E-state index contributed by atoms with van der Waals surface area (Å²) in [6.07, 6.45) is 6.22. The SMILES string of the molecule is O=c1c2c(-c3ccncc3)csc2cnn1C1CC1c1ccc2sccc2n1. The molecule has 5 heterocycles. The van der Waals surface area contributed by atoms with Crippen LogP contribution in [0, 0.1) is 0 Å². The molecule has 0 spiro atoms. The second kappa shape index (κ2) is 6.05. The molecule has 0 radical (unpaired) electrons. The van der Waals surface area contributed by atoms with E-state index >= 15 is 0 Å². The van der Waals surface area contributed by atoms with Crippen LogP contribution in [-0.2, 0) is 0 Å². The van der Waals surface area contributed by atoms with Gasteiger partial charge in [0.1, 0.15) is 0 Å². The van der Waals surface area contributed by atoms with Gasteiger partial charge in [-0.1, -0.05) is 0 Å². The van der Waals surface area contributed by atoms with Crippen molar-refractivity contribution in [1.82, 2.24) is 19.7 Å². The van der Waals surface area contributed by atoms with Gasteiger partial charge in [-0.05, 0) is 47.7 Å². The Kier molecular flexibility index (Phi) is 3.48. The topological polar surface area (TPSA) is 60.7 Å². The minimum atomic E-state index is -0.0188. The van der Waals surface area contributed by atoms with Crippen molar-refractivity contribution in [2.45, 2.75) is 18.4 Å². The molecule has 5 aromatic rings. The normalized spacial score (nSPS) is 18.7. The number of aromatic nitrogens is 4. The van der Waals surface area contributed by atoms with E-state index in [0.29, 0.717) is 0 Å². The molecule has 5 nitrogen and oxygen atoms in total. The third kappa shape index (κ3) is 2.43. The molecular weight excluding hydrogens is 388 g/mol. The fourth-order valence-corrected chi connectivity index (χ4v) is 5.44. The molecule has 28 heavy (non-hydrogen) atoms. The van der Waals surface area contributed by atoms with Crippen LogP contribution in [-0.4, -0.2) is 19.7 Å². The first-order chi connectivity index (χ1) is 13.8. The van der Waals surface area contributed by atoms with E-state index in [2.05, 4.69) is 27.6 Å². The second-order valence-electron chi connectivity index (χ2n) is 6.97. The summed E-state index contributed by atoms with van der Waals surface area (Å²) in [6, 6.07) is 10.2. The van der Waals surface area contributed by atoms with Crippen LogP contribution in [0.1, 0.15) is 24.1 Å². The van der Waals surface area contributed by atoms with Gasteiger partial charge in [-0.25, -0.2) is 4.68 Å². The quantitative estimate of drug-likeness (QED) is 0.432. The summed E-state index contributed by atoms with van der Waals surface area (Å²) in [7, 11) is 0. The van der Waals surface area contributed by atoms with E-state index in [1.807, 2.05) is 29.8 Å². The van der Waals surface area contributed by atoms with E-state index in [1.54, 1.807) is 39.7 Å². The van der Waals surface area contributed by atoms with Crippen molar-refractivity contribution in [3.63, 3.8) is 0 Å². The Bertz CT molecular complexity index is 1390. The Morgan fingerprint density at radius 3 is 2.82 bits per heavy atom. The molecule has 0 bridgehead atoms. The summed E-state index contributed by atoms with van der Waals surface area (Å²) in [6.45, 7) is 0. The number of nitrogens with zero attached hydrogens (tertiary/aromatic N) is 4. The van der Waals surface area contributed by atoms with Crippen LogP contribution in [0.3, 0.4) is 0 Å². The maximum Gasteiger partial charge on any atom is 0.276 e. The largest absolute Gasteiger partial charge is 0.276 e. The molecule has 0 aromatic carbocycles. The monoisotopic (exact) mass is 402 g/mol. The molecule has 2 atom stereocenters. The number of fused-ring (bicyclic) bond motifs is 2. The standard InChI is InChI=1S/C21H14N4OS2/c26-21-20-14(12-3-6-22-7-4-12)11-28-19(20)10-23-25(21)17-9-13(17)15-1-2-18-16(24-15)5-8-27-18/h1-8,10-11,13,17H,9H2. The second-order valence-corrected chi connectivity index (χ2v) is 8.83. The fraction of sp³-hybridized carbons (Fsp3) is 0.143. The van der Waals surface area contributed by atoms with Gasteiger partial charge in [-0.2, -0.15) is 5.10 Å². The van der Waals surface area contributed by atoms with Gasteiger partial charge in [-0.15, -0.1) is 22.7 Å². The van der Waals surface area contributed by atoms with Crippen molar-refractivity contribution in [2.75, 3.05) is 0 Å². The highest BCUT2D eigenvalue weighted by molar-refractivity contribution is 7.17. The predicted molar refractivity (Wildman–Crippen MR) is 113 cm³/mol. The molecule has 0 N–H and O–H groups in total. The van der Waals surface area contributed by atoms with Crippen molar-refractivity contribution in [3.8, 4) is 11.1 Å². The third-order valence-corrected chi connectivity index (χ3v) is 7.10. The summed E-state index contributed by atoms with van der Waals surface area (Å²) < 4.78 is 3.77. The molecule has 1 aliphatic carbocycles. The van der Waals surface area contributed by atoms with Crippen molar-refractivity contribution in [2.24, 2.45) is 0 Å². The van der Waals surface area contributed by atoms with Gasteiger partial charge in [-0.3, -0.25) is 14.8 Å². The van der Waals surface area contributed by atoms with Crippen molar-refractivity contribution < 1.29 is 0 Å². The maximum atomic E-state index is 13.3. The van der Waals surface area contributed by atoms with Gasteiger partial charge in [0.05, 0.1) is 32.5 Å². The molecule has 1 saturated carbocycles. The van der Waals surface area contributed by atoms with Gasteiger partial charge in [0.2, 0.25) is 0 Å². The number of rotatable bonds is 3. The van der Waals surface area contributed by atoms with E-state index < -0.39 is 0 Å². The van der Waals surface area contributed by atoms with Crippen LogP contribution in [0.25, 0.3) is 31.4 Å². The van der Waals surface area contributed by atoms with E-state index in [4.69, 9.17) is 4.98 Å². The van der Waals surface area contributed by atoms with Crippen LogP contribution < -0.4 is 5.56 Å². The van der Waals surface area contributed by atoms with Crippen molar-refractivity contribution in [3.05, 3.63) is 75.7 Å². The first-order valence-corrected chi connectivity index (χ1v) is 10.8. The number of thiophene rings is 2. The molecule has 136 valence electrons. The van der Waals surface area contributed by atoms with E-state index in [-0.39, 0.29) is 17.5 Å². The highest BCUT2D eigenvalue weighted by Gasteiger charge is 2.43. The number of pyridine rings is 2. The molecule has 0 amide bonds. The zero-order valence-electron chi connectivity index (χ0n) is 14.6. The van der Waals surface area contributed by atoms with Crippen molar-refractivity contribution in [1.29, 1.82) is 0 Å². The fourth-order valence-electron chi connectivity index (χ4n) is 3.80. The first-order valence-electron chi connectivity index (χ1n) is 9.03. The summed E-state index contributed by atoms with van der Waals surface area (Å²) in [4.78, 5) is 22.1. The third-order valence-electron chi connectivity index (χ3n) is 5.31. The van der Waals surface area contributed by atoms with Crippen LogP contribution in [0.5, 0.6) is 0 Å². The maximum absolute atomic E-state index is 13.3. The average molecular weight is 403 g/mol. The summed E-state index contributed by atoms with van der Waals surface area (Å²) >= 11 is 3.25. The van der Waals surface area contributed by atoms with Gasteiger partial charge < -0.3 is 0 Å². The van der Waals surface area contributed by atoms with Gasteiger partial charge >= 0.3 is 0 Å². The smallest absolute Gasteiger partial charge is 0.267 e. The molecule has 6 rings (SSSR count). The molecule has 1 fully saturated rings. The van der Waals surface area contributed by atoms with Crippen LogP contribution in [0.4, 0.5) is 0 Å². The Balaban J connectivity index is 1.42. The zero-order valence-corrected chi connectivity index (χ0v) is 16.3. The Labute approximate surface area is 167 Å². The lowest BCUT2D eigenvalue weighted by molar-refractivity contribution is 0.590. The highest BCUT2D eigenvalue weighted by Crippen LogP contribution is 2.50. The molecule has 7 heteroatoms. The molecule has 2 unspecified atom stereocenters. The lowest BCUT2D eigenvalue weighted by Crippen LogP contribution is -2.22. The van der Waals surface area contributed by atoms with Crippen LogP contribution in [0.15, 0.2) is 64.5 Å². The summed E-state index contributed by atoms with van der Waals surface area (Å²) in [5, 5.41) is 9.32.